The van der Waals surface area contributed by atoms with Crippen molar-refractivity contribution in [2.24, 2.45) is 16.2 Å². The van der Waals surface area contributed by atoms with Crippen LogP contribution in [0.3, 0.4) is 0 Å². The summed E-state index contributed by atoms with van der Waals surface area (Å²) in [6, 6.07) is 15.0. The zero-order valence-electron chi connectivity index (χ0n) is 29.8. The first-order valence-electron chi connectivity index (χ1n) is 17.9. The lowest BCUT2D eigenvalue weighted by molar-refractivity contribution is 0.0375. The molecule has 0 amide bonds. The number of guanidine groups is 1. The fraction of sp³-hybridized carbons (Fsp3) is 0.541. The van der Waals surface area contributed by atoms with Crippen molar-refractivity contribution < 1.29 is 27.8 Å². The zero-order valence-corrected chi connectivity index (χ0v) is 31.4. The molecular weight excluding hydrogens is 689 g/mol. The topological polar surface area (TPSA) is 128 Å². The number of aromatic nitrogens is 1. The van der Waals surface area contributed by atoms with Crippen LogP contribution in [0.1, 0.15) is 49.2 Å². The van der Waals surface area contributed by atoms with E-state index in [2.05, 4.69) is 38.3 Å². The fourth-order valence-corrected chi connectivity index (χ4v) is 9.00. The highest BCUT2D eigenvalue weighted by atomic mass is 32.2. The van der Waals surface area contributed by atoms with Gasteiger partial charge in [0.05, 0.1) is 41.5 Å². The van der Waals surface area contributed by atoms with E-state index in [1.807, 2.05) is 17.9 Å². The first-order chi connectivity index (χ1) is 24.6. The van der Waals surface area contributed by atoms with E-state index in [4.69, 9.17) is 14.5 Å². The number of thiazole rings is 1. The average molecular weight is 739 g/mol. The van der Waals surface area contributed by atoms with Gasteiger partial charge in [0.15, 0.2) is 5.13 Å². The number of anilines is 2. The molecule has 4 heterocycles. The molecule has 0 spiro atoms. The molecule has 14 heteroatoms. The van der Waals surface area contributed by atoms with Crippen molar-refractivity contribution in [1.82, 2.24) is 14.8 Å². The molecule has 1 N–H and O–H groups in total. The summed E-state index contributed by atoms with van der Waals surface area (Å²) in [5.41, 5.74) is 1.69. The maximum absolute atomic E-state index is 14.1. The van der Waals surface area contributed by atoms with Crippen molar-refractivity contribution in [3.05, 3.63) is 71.2 Å². The second-order valence-corrected chi connectivity index (χ2v) is 16.5. The number of morpholine rings is 1. The number of rotatable bonds is 13. The molecular formula is C37H50N6O6S2. The Bertz CT molecular complexity index is 1740. The molecule has 2 unspecified atom stereocenters. The number of hydrogen-bond acceptors (Lipinski definition) is 9. The number of carboxylic acid groups (broad SMARTS) is 1. The second kappa shape index (κ2) is 16.8. The lowest BCUT2D eigenvalue weighted by atomic mass is 9.87. The smallest absolute Gasteiger partial charge is 0.335 e. The number of likely N-dealkylation sites (tertiary alicyclic amines) is 1. The molecule has 12 nitrogen and oxygen atoms in total. The number of nitrogens with zero attached hydrogens (tertiary/aromatic N) is 6. The summed E-state index contributed by atoms with van der Waals surface area (Å²) in [6.07, 6.45) is 2.42. The van der Waals surface area contributed by atoms with E-state index in [1.165, 1.54) is 0 Å². The maximum Gasteiger partial charge on any atom is 0.335 e. The molecule has 2 aromatic carbocycles. The van der Waals surface area contributed by atoms with Gasteiger partial charge >= 0.3 is 5.97 Å². The van der Waals surface area contributed by atoms with Gasteiger partial charge in [-0.05, 0) is 68.4 Å². The van der Waals surface area contributed by atoms with Gasteiger partial charge in [0.1, 0.15) is 0 Å². The van der Waals surface area contributed by atoms with Gasteiger partial charge in [0.2, 0.25) is 5.96 Å². The fourth-order valence-electron chi connectivity index (χ4n) is 7.09. The van der Waals surface area contributed by atoms with Crippen molar-refractivity contribution in [3.8, 4) is 0 Å². The molecule has 3 aliphatic heterocycles. The summed E-state index contributed by atoms with van der Waals surface area (Å²) in [6.45, 7) is 13.5. The molecule has 3 saturated heterocycles. The zero-order chi connectivity index (χ0) is 36.0. The van der Waals surface area contributed by atoms with Gasteiger partial charge in [-0.3, -0.25) is 4.90 Å². The molecule has 3 aromatic rings. The highest BCUT2D eigenvalue weighted by Gasteiger charge is 2.47. The summed E-state index contributed by atoms with van der Waals surface area (Å²) < 4.78 is 44.2. The number of aryl methyl sites for hydroxylation is 1. The predicted octanol–water partition coefficient (Wildman–Crippen LogP) is 5.07. The van der Waals surface area contributed by atoms with E-state index in [1.54, 1.807) is 59.9 Å². The lowest BCUT2D eigenvalue weighted by Gasteiger charge is -2.55. The van der Waals surface area contributed by atoms with E-state index < -0.39 is 16.0 Å². The third-order valence-corrected chi connectivity index (χ3v) is 12.1. The Balaban J connectivity index is 1.43. The normalized spacial score (nSPS) is 20.7. The summed E-state index contributed by atoms with van der Waals surface area (Å²) in [7, 11) is -4.14. The highest BCUT2D eigenvalue weighted by molar-refractivity contribution is 7.90. The average Bonchev–Trinajstić information content (AvgIpc) is 3.57. The number of hydrogen-bond donors (Lipinski definition) is 1. The quantitative estimate of drug-likeness (QED) is 0.187. The Morgan fingerprint density at radius 2 is 1.78 bits per heavy atom. The Labute approximate surface area is 305 Å². The molecule has 0 bridgehead atoms. The van der Waals surface area contributed by atoms with Crippen molar-refractivity contribution in [3.63, 3.8) is 0 Å². The lowest BCUT2D eigenvalue weighted by Crippen LogP contribution is -2.71. The van der Waals surface area contributed by atoms with Gasteiger partial charge < -0.3 is 29.3 Å². The Kier molecular flexibility index (Phi) is 12.3. The van der Waals surface area contributed by atoms with Crippen molar-refractivity contribution in [1.29, 1.82) is 0 Å². The first kappa shape index (κ1) is 37.2. The van der Waals surface area contributed by atoms with Crippen LogP contribution in [0.25, 0.3) is 0 Å². The number of benzene rings is 2. The molecule has 0 saturated carbocycles. The summed E-state index contributed by atoms with van der Waals surface area (Å²) in [5, 5.41) is 13.0. The molecule has 3 aliphatic rings. The van der Waals surface area contributed by atoms with Gasteiger partial charge in [0.25, 0.3) is 10.0 Å². The molecule has 51 heavy (non-hydrogen) atoms. The van der Waals surface area contributed by atoms with Crippen LogP contribution >= 0.6 is 11.3 Å². The van der Waals surface area contributed by atoms with Crippen LogP contribution < -0.4 is 9.80 Å². The highest BCUT2D eigenvalue weighted by Crippen LogP contribution is 2.36. The minimum Gasteiger partial charge on any atom is -0.478 e. The monoisotopic (exact) mass is 738 g/mol. The van der Waals surface area contributed by atoms with Crippen LogP contribution in [0.15, 0.2) is 69.3 Å². The third-order valence-electron chi connectivity index (χ3n) is 9.88. The van der Waals surface area contributed by atoms with Crippen LogP contribution in [0, 0.1) is 18.8 Å². The summed E-state index contributed by atoms with van der Waals surface area (Å²) in [4.78, 5) is 26.1. The van der Waals surface area contributed by atoms with Crippen LogP contribution in [0.4, 0.5) is 10.8 Å². The summed E-state index contributed by atoms with van der Waals surface area (Å²) in [5.74, 6) is -0.223. The maximum atomic E-state index is 14.1. The van der Waals surface area contributed by atoms with E-state index in [0.717, 1.165) is 69.5 Å². The molecule has 6 rings (SSSR count). The minimum atomic E-state index is -4.14. The van der Waals surface area contributed by atoms with Gasteiger partial charge in [0, 0.05) is 63.5 Å². The largest absolute Gasteiger partial charge is 0.478 e. The Morgan fingerprint density at radius 1 is 1.06 bits per heavy atom. The SMILES string of the molecule is Cc1csc(N(CCN2CCOCC2)C2CN(C(=NS(=O)(=O)c3ccccc3)N(CC3CCOCC3)c3cccc(C(=O)O)c3)C2CC(C)C)n1. The third kappa shape index (κ3) is 9.28. The molecule has 1 aromatic heterocycles. The van der Waals surface area contributed by atoms with Crippen LogP contribution in [-0.2, 0) is 19.5 Å². The number of carbonyl (C=O) groups is 1. The first-order valence-corrected chi connectivity index (χ1v) is 20.2. The molecule has 276 valence electrons. The molecule has 3 fully saturated rings. The Morgan fingerprint density at radius 3 is 2.45 bits per heavy atom. The van der Waals surface area contributed by atoms with Gasteiger partial charge in [-0.15, -0.1) is 15.7 Å². The van der Waals surface area contributed by atoms with Crippen LogP contribution in [0.5, 0.6) is 0 Å². The van der Waals surface area contributed by atoms with Crippen molar-refractivity contribution in [2.45, 2.75) is 57.0 Å². The van der Waals surface area contributed by atoms with Gasteiger partial charge in [-0.1, -0.05) is 38.1 Å². The molecule has 0 aliphatic carbocycles. The van der Waals surface area contributed by atoms with E-state index in [-0.39, 0.29) is 28.5 Å². The van der Waals surface area contributed by atoms with Crippen molar-refractivity contribution in [2.75, 3.05) is 75.5 Å². The van der Waals surface area contributed by atoms with Gasteiger partial charge in [-0.25, -0.2) is 9.78 Å². The van der Waals surface area contributed by atoms with Crippen LogP contribution in [-0.4, -0.2) is 118 Å². The standard InChI is InChI=1S/C37H50N6O6S2/c1-27(2)22-33-34(41(37-38-28(3)26-50-37)15-14-40-16-20-49-21-17-40)25-43(33)36(39-51(46,47)32-10-5-4-6-11-32)42(24-29-12-18-48-19-13-29)31-9-7-8-30(23-31)35(44)45/h4-11,23,26-27,29,33-34H,12-22,24-25H2,1-3H3,(H,44,45). The van der Waals surface area contributed by atoms with E-state index in [9.17, 15) is 18.3 Å². The molecule has 2 atom stereocenters. The van der Waals surface area contributed by atoms with E-state index in [0.29, 0.717) is 43.9 Å². The number of carboxylic acids is 1. The van der Waals surface area contributed by atoms with Crippen molar-refractivity contribution >= 4 is 44.1 Å². The number of ether oxygens (including phenoxy) is 2. The Hall–Kier alpha value is -3.56. The number of aromatic carboxylic acids is 1. The molecule has 0 radical (unpaired) electrons. The minimum absolute atomic E-state index is 0.0545. The van der Waals surface area contributed by atoms with E-state index >= 15 is 0 Å². The second-order valence-electron chi connectivity index (χ2n) is 14.0. The van der Waals surface area contributed by atoms with Gasteiger partial charge in [-0.2, -0.15) is 8.42 Å². The summed E-state index contributed by atoms with van der Waals surface area (Å²) >= 11 is 1.64. The van der Waals surface area contributed by atoms with Crippen LogP contribution in [0.2, 0.25) is 0 Å². The predicted molar refractivity (Wildman–Crippen MR) is 201 cm³/mol. The number of sulfonamides is 1.